The SMILES string of the molecule is CC1=C(Cc2ccccc2NC2C=C2C(C)(C)C2=C(N)CNC(N3c4ccccc4Cc4ccccc43)=C2)CCC=C1. The van der Waals surface area contributed by atoms with Crippen LogP contribution in [0.4, 0.5) is 17.1 Å². The van der Waals surface area contributed by atoms with Crippen molar-refractivity contribution in [2.24, 2.45) is 11.1 Å². The molecule has 3 aromatic rings. The second kappa shape index (κ2) is 10.4. The minimum absolute atomic E-state index is 0.202. The van der Waals surface area contributed by atoms with E-state index in [-0.39, 0.29) is 11.5 Å². The molecule has 4 heteroatoms. The third kappa shape index (κ3) is 4.75. The van der Waals surface area contributed by atoms with Gasteiger partial charge < -0.3 is 16.4 Å². The Hall–Kier alpha value is -4.44. The van der Waals surface area contributed by atoms with Crippen molar-refractivity contribution in [1.29, 1.82) is 0 Å². The fourth-order valence-corrected chi connectivity index (χ4v) is 6.91. The van der Waals surface area contributed by atoms with Crippen molar-refractivity contribution in [3.63, 3.8) is 0 Å². The maximum atomic E-state index is 6.75. The third-order valence-electron chi connectivity index (χ3n) is 9.41. The molecule has 0 amide bonds. The molecular formula is C38H40N4. The average Bonchev–Trinajstić information content (AvgIpc) is 3.78. The lowest BCUT2D eigenvalue weighted by molar-refractivity contribution is 0.544. The van der Waals surface area contributed by atoms with E-state index in [1.807, 2.05) is 0 Å². The molecule has 0 saturated heterocycles. The van der Waals surface area contributed by atoms with Crippen LogP contribution >= 0.6 is 0 Å². The Labute approximate surface area is 250 Å². The van der Waals surface area contributed by atoms with Gasteiger partial charge >= 0.3 is 0 Å². The van der Waals surface area contributed by atoms with E-state index in [1.54, 1.807) is 5.57 Å². The molecule has 42 heavy (non-hydrogen) atoms. The van der Waals surface area contributed by atoms with Gasteiger partial charge in [0.15, 0.2) is 0 Å². The number of dihydropyridines is 1. The second-order valence-corrected chi connectivity index (χ2v) is 12.5. The quantitative estimate of drug-likeness (QED) is 0.260. The third-order valence-corrected chi connectivity index (χ3v) is 9.41. The number of hydrogen-bond acceptors (Lipinski definition) is 4. The molecule has 0 aromatic heterocycles. The van der Waals surface area contributed by atoms with Crippen LogP contribution in [0.3, 0.4) is 0 Å². The molecule has 1 unspecified atom stereocenters. The van der Waals surface area contributed by atoms with Crippen LogP contribution in [-0.2, 0) is 12.8 Å². The molecule has 3 aromatic carbocycles. The van der Waals surface area contributed by atoms with E-state index < -0.39 is 0 Å². The van der Waals surface area contributed by atoms with Crippen molar-refractivity contribution in [2.75, 3.05) is 16.8 Å². The Kier molecular flexibility index (Phi) is 6.57. The summed E-state index contributed by atoms with van der Waals surface area (Å²) in [5.41, 5.74) is 20.7. The van der Waals surface area contributed by atoms with Crippen LogP contribution < -0.4 is 21.3 Å². The normalized spacial score (nSPS) is 19.5. The van der Waals surface area contributed by atoms with Gasteiger partial charge in [0, 0.05) is 23.2 Å². The van der Waals surface area contributed by atoms with Gasteiger partial charge in [-0.1, -0.05) is 97.8 Å². The summed E-state index contributed by atoms with van der Waals surface area (Å²) in [6.07, 6.45) is 13.5. The summed E-state index contributed by atoms with van der Waals surface area (Å²) in [6.45, 7) is 7.50. The zero-order valence-electron chi connectivity index (χ0n) is 24.9. The highest BCUT2D eigenvalue weighted by Crippen LogP contribution is 2.48. The van der Waals surface area contributed by atoms with Gasteiger partial charge in [-0.2, -0.15) is 0 Å². The molecule has 4 aliphatic rings. The number of allylic oxidation sites excluding steroid dienone is 6. The molecule has 0 bridgehead atoms. The van der Waals surface area contributed by atoms with E-state index in [0.29, 0.717) is 6.54 Å². The van der Waals surface area contributed by atoms with Crippen molar-refractivity contribution < 1.29 is 0 Å². The van der Waals surface area contributed by atoms with Crippen LogP contribution in [0.1, 0.15) is 50.3 Å². The van der Waals surface area contributed by atoms with E-state index in [4.69, 9.17) is 5.73 Å². The van der Waals surface area contributed by atoms with E-state index in [2.05, 4.69) is 133 Å². The highest BCUT2D eigenvalue weighted by molar-refractivity contribution is 5.78. The zero-order chi connectivity index (χ0) is 28.8. The van der Waals surface area contributed by atoms with Gasteiger partial charge in [0.2, 0.25) is 0 Å². The summed E-state index contributed by atoms with van der Waals surface area (Å²) < 4.78 is 0. The number of hydrogen-bond donors (Lipinski definition) is 3. The van der Waals surface area contributed by atoms with Crippen molar-refractivity contribution >= 4 is 17.1 Å². The molecule has 0 saturated carbocycles. The first kappa shape index (κ1) is 26.5. The minimum atomic E-state index is -0.202. The molecule has 0 spiro atoms. The smallest absolute Gasteiger partial charge is 0.111 e. The summed E-state index contributed by atoms with van der Waals surface area (Å²) in [7, 11) is 0. The first-order valence-electron chi connectivity index (χ1n) is 15.2. The first-order chi connectivity index (χ1) is 20.4. The molecule has 0 radical (unpaired) electrons. The molecule has 7 rings (SSSR count). The fraction of sp³-hybridized carbons (Fsp3) is 0.263. The maximum Gasteiger partial charge on any atom is 0.111 e. The van der Waals surface area contributed by atoms with E-state index in [9.17, 15) is 0 Å². The Morgan fingerprint density at radius 3 is 2.38 bits per heavy atom. The summed E-state index contributed by atoms with van der Waals surface area (Å²) in [5, 5.41) is 7.50. The molecule has 212 valence electrons. The highest BCUT2D eigenvalue weighted by atomic mass is 15.3. The van der Waals surface area contributed by atoms with Gasteiger partial charge in [-0.15, -0.1) is 0 Å². The lowest BCUT2D eigenvalue weighted by Gasteiger charge is -2.38. The highest BCUT2D eigenvalue weighted by Gasteiger charge is 2.42. The van der Waals surface area contributed by atoms with Crippen LogP contribution in [0.5, 0.6) is 0 Å². The number of para-hydroxylation sites is 3. The van der Waals surface area contributed by atoms with Crippen LogP contribution in [0, 0.1) is 5.41 Å². The van der Waals surface area contributed by atoms with Crippen molar-refractivity contribution in [1.82, 2.24) is 5.32 Å². The maximum absolute atomic E-state index is 6.75. The minimum Gasteiger partial charge on any atom is -0.400 e. The van der Waals surface area contributed by atoms with Gasteiger partial charge in [0.1, 0.15) is 5.82 Å². The molecule has 4 N–H and O–H groups in total. The number of nitrogens with one attached hydrogen (secondary N) is 2. The van der Waals surface area contributed by atoms with E-state index >= 15 is 0 Å². The largest absolute Gasteiger partial charge is 0.400 e. The summed E-state index contributed by atoms with van der Waals surface area (Å²) in [4.78, 5) is 2.38. The van der Waals surface area contributed by atoms with Gasteiger partial charge in [0.25, 0.3) is 0 Å². The topological polar surface area (TPSA) is 53.3 Å². The average molecular weight is 553 g/mol. The van der Waals surface area contributed by atoms with Gasteiger partial charge in [-0.05, 0) is 78.3 Å². The number of benzene rings is 3. The predicted octanol–water partition coefficient (Wildman–Crippen LogP) is 8.04. The Morgan fingerprint density at radius 2 is 1.64 bits per heavy atom. The Bertz CT molecular complexity index is 1670. The van der Waals surface area contributed by atoms with Crippen molar-refractivity contribution in [3.05, 3.63) is 148 Å². The fourth-order valence-electron chi connectivity index (χ4n) is 6.91. The Morgan fingerprint density at radius 1 is 0.952 bits per heavy atom. The number of nitrogens with zero attached hydrogens (tertiary/aromatic N) is 1. The standard InChI is InChI=1S/C38H40N4/c1-25-12-4-5-13-26(25)20-27-14-6-9-17-33(27)41-34-22-31(34)38(2,3)30-23-37(40-24-32(30)39)42-35-18-10-7-15-28(35)21-29-16-8-11-19-36(29)42/h4,6-12,14-19,22-23,34,40-41H,5,13,20-21,24,39H2,1-3H3. The number of fused-ring (bicyclic) bond motifs is 2. The number of anilines is 3. The van der Waals surface area contributed by atoms with E-state index in [0.717, 1.165) is 37.2 Å². The molecule has 2 aliphatic carbocycles. The van der Waals surface area contributed by atoms with Crippen molar-refractivity contribution in [2.45, 2.75) is 52.5 Å². The van der Waals surface area contributed by atoms with Gasteiger partial charge in [-0.25, -0.2) is 0 Å². The lowest BCUT2D eigenvalue weighted by Crippen LogP contribution is -2.38. The number of nitrogens with two attached hydrogens (primary N) is 1. The summed E-state index contributed by atoms with van der Waals surface area (Å²) in [5.74, 6) is 1.08. The van der Waals surface area contributed by atoms with Crippen LogP contribution in [0.25, 0.3) is 0 Å². The predicted molar refractivity (Wildman–Crippen MR) is 176 cm³/mol. The van der Waals surface area contributed by atoms with Gasteiger partial charge in [-0.3, -0.25) is 4.90 Å². The van der Waals surface area contributed by atoms with Crippen LogP contribution in [-0.4, -0.2) is 12.6 Å². The lowest BCUT2D eigenvalue weighted by atomic mass is 9.78. The zero-order valence-corrected chi connectivity index (χ0v) is 24.9. The molecule has 2 aliphatic heterocycles. The molecule has 0 fully saturated rings. The summed E-state index contributed by atoms with van der Waals surface area (Å²) >= 11 is 0. The van der Waals surface area contributed by atoms with Crippen molar-refractivity contribution in [3.8, 4) is 0 Å². The monoisotopic (exact) mass is 552 g/mol. The van der Waals surface area contributed by atoms with E-state index in [1.165, 1.54) is 50.5 Å². The molecule has 4 nitrogen and oxygen atoms in total. The molecule has 1 atom stereocenters. The first-order valence-corrected chi connectivity index (χ1v) is 15.2. The second-order valence-electron chi connectivity index (χ2n) is 12.5. The summed E-state index contributed by atoms with van der Waals surface area (Å²) in [6, 6.07) is 26.5. The van der Waals surface area contributed by atoms with Crippen LogP contribution in [0.2, 0.25) is 0 Å². The van der Waals surface area contributed by atoms with Crippen LogP contribution in [0.15, 0.2) is 131 Å². The molecular weight excluding hydrogens is 512 g/mol. The number of rotatable bonds is 7. The molecule has 2 heterocycles. The Balaban J connectivity index is 1.15. The van der Waals surface area contributed by atoms with Gasteiger partial charge in [0.05, 0.1) is 24.0 Å².